The minimum Gasteiger partial charge on any atom is -0.493 e. The number of carbonyl (C=O) groups is 1. The summed E-state index contributed by atoms with van der Waals surface area (Å²) in [5, 5.41) is 8.37. The van der Waals surface area contributed by atoms with Crippen molar-refractivity contribution in [1.29, 1.82) is 0 Å². The van der Waals surface area contributed by atoms with Gasteiger partial charge in [-0.25, -0.2) is 14.2 Å². The Balaban J connectivity index is 1.50. The van der Waals surface area contributed by atoms with Crippen molar-refractivity contribution in [2.75, 3.05) is 17.7 Å². The number of fused-ring (bicyclic) bond motifs is 1. The minimum atomic E-state index is -0.464. The van der Waals surface area contributed by atoms with E-state index in [1.165, 1.54) is 35.6 Å². The molecule has 0 aliphatic rings. The summed E-state index contributed by atoms with van der Waals surface area (Å²) in [6.45, 7) is 0. The molecule has 27 heavy (non-hydrogen) atoms. The number of aromatic nitrogens is 1. The van der Waals surface area contributed by atoms with Gasteiger partial charge < -0.3 is 14.5 Å². The number of hydrogen-bond acceptors (Lipinski definition) is 5. The normalized spacial score (nSPS) is 10.7. The molecule has 0 spiro atoms. The molecule has 0 fully saturated rings. The number of amides is 2. The van der Waals surface area contributed by atoms with Gasteiger partial charge in [-0.2, -0.15) is 0 Å². The third-order valence-corrected chi connectivity index (χ3v) is 4.56. The SMILES string of the molecule is COc1cccc2cc(-c3csc(NC(=O)Nc4ccc(F)cc4)n3)oc12. The van der Waals surface area contributed by atoms with Gasteiger partial charge in [-0.15, -0.1) is 11.3 Å². The topological polar surface area (TPSA) is 76.4 Å². The van der Waals surface area contributed by atoms with Gasteiger partial charge in [0.1, 0.15) is 11.5 Å². The van der Waals surface area contributed by atoms with Gasteiger partial charge in [0.05, 0.1) is 7.11 Å². The number of halogens is 1. The number of ether oxygens (including phenoxy) is 1. The summed E-state index contributed by atoms with van der Waals surface area (Å²) in [6, 6.07) is 12.5. The van der Waals surface area contributed by atoms with Crippen molar-refractivity contribution in [2.45, 2.75) is 0 Å². The van der Waals surface area contributed by atoms with Gasteiger partial charge in [-0.3, -0.25) is 5.32 Å². The predicted molar refractivity (Wildman–Crippen MR) is 103 cm³/mol. The number of nitrogens with one attached hydrogen (secondary N) is 2. The van der Waals surface area contributed by atoms with Crippen LogP contribution in [0.25, 0.3) is 22.4 Å². The van der Waals surface area contributed by atoms with Gasteiger partial charge in [0, 0.05) is 16.5 Å². The molecule has 0 atom stereocenters. The third kappa shape index (κ3) is 3.61. The lowest BCUT2D eigenvalue weighted by molar-refractivity contribution is 0.262. The molecule has 0 unspecified atom stereocenters. The first kappa shape index (κ1) is 17.0. The number of carbonyl (C=O) groups excluding carboxylic acids is 1. The zero-order chi connectivity index (χ0) is 18.8. The second kappa shape index (κ2) is 7.08. The van der Waals surface area contributed by atoms with Crippen molar-refractivity contribution in [3.8, 4) is 17.2 Å². The molecular formula is C19H14FN3O3S. The maximum atomic E-state index is 12.9. The van der Waals surface area contributed by atoms with E-state index in [0.717, 1.165) is 5.39 Å². The monoisotopic (exact) mass is 383 g/mol. The molecule has 0 radical (unpaired) electrons. The molecule has 2 amide bonds. The summed E-state index contributed by atoms with van der Waals surface area (Å²) in [7, 11) is 1.58. The summed E-state index contributed by atoms with van der Waals surface area (Å²) in [6.07, 6.45) is 0. The highest BCUT2D eigenvalue weighted by molar-refractivity contribution is 7.14. The maximum Gasteiger partial charge on any atom is 0.325 e. The van der Waals surface area contributed by atoms with E-state index in [0.29, 0.717) is 33.6 Å². The lowest BCUT2D eigenvalue weighted by atomic mass is 10.2. The van der Waals surface area contributed by atoms with E-state index in [1.54, 1.807) is 12.5 Å². The van der Waals surface area contributed by atoms with Gasteiger partial charge in [0.2, 0.25) is 0 Å². The zero-order valence-electron chi connectivity index (χ0n) is 14.2. The smallest absolute Gasteiger partial charge is 0.325 e. The number of rotatable bonds is 4. The van der Waals surface area contributed by atoms with Crippen LogP contribution in [0.1, 0.15) is 0 Å². The fraction of sp³-hybridized carbons (Fsp3) is 0.0526. The van der Waals surface area contributed by atoms with E-state index in [-0.39, 0.29) is 5.82 Å². The van der Waals surface area contributed by atoms with E-state index in [2.05, 4.69) is 15.6 Å². The number of methoxy groups -OCH3 is 1. The Morgan fingerprint density at radius 1 is 1.19 bits per heavy atom. The Morgan fingerprint density at radius 3 is 2.78 bits per heavy atom. The Labute approximate surface area is 157 Å². The molecule has 4 rings (SSSR count). The maximum absolute atomic E-state index is 12.9. The second-order valence-corrected chi connectivity index (χ2v) is 6.47. The molecule has 8 heteroatoms. The van der Waals surface area contributed by atoms with Gasteiger partial charge >= 0.3 is 6.03 Å². The standard InChI is InChI=1S/C19H14FN3O3S/c1-25-15-4-2-3-11-9-16(26-17(11)15)14-10-27-19(22-14)23-18(24)21-13-7-5-12(20)6-8-13/h2-10H,1H3,(H2,21,22,23,24). The van der Waals surface area contributed by atoms with Crippen molar-refractivity contribution in [2.24, 2.45) is 0 Å². The van der Waals surface area contributed by atoms with E-state index in [4.69, 9.17) is 9.15 Å². The quantitative estimate of drug-likeness (QED) is 0.498. The molecule has 0 saturated carbocycles. The van der Waals surface area contributed by atoms with Crippen LogP contribution in [0.4, 0.5) is 20.0 Å². The molecular weight excluding hydrogens is 369 g/mol. The van der Waals surface area contributed by atoms with E-state index in [9.17, 15) is 9.18 Å². The average molecular weight is 383 g/mol. The van der Waals surface area contributed by atoms with E-state index in [1.807, 2.05) is 24.3 Å². The van der Waals surface area contributed by atoms with Crippen LogP contribution in [0.2, 0.25) is 0 Å². The lowest BCUT2D eigenvalue weighted by Crippen LogP contribution is -2.19. The largest absolute Gasteiger partial charge is 0.493 e. The summed E-state index contributed by atoms with van der Waals surface area (Å²) in [4.78, 5) is 16.4. The van der Waals surface area contributed by atoms with Crippen LogP contribution in [0, 0.1) is 5.82 Å². The third-order valence-electron chi connectivity index (χ3n) is 3.81. The molecule has 0 bridgehead atoms. The highest BCUT2D eigenvalue weighted by Crippen LogP contribution is 2.34. The Morgan fingerprint density at radius 2 is 2.00 bits per heavy atom. The molecule has 2 aromatic carbocycles. The second-order valence-electron chi connectivity index (χ2n) is 5.61. The first-order valence-corrected chi connectivity index (χ1v) is 8.86. The van der Waals surface area contributed by atoms with Crippen molar-refractivity contribution in [1.82, 2.24) is 4.98 Å². The summed E-state index contributed by atoms with van der Waals surface area (Å²) < 4.78 is 24.1. The van der Waals surface area contributed by atoms with E-state index < -0.39 is 6.03 Å². The number of benzene rings is 2. The first-order valence-electron chi connectivity index (χ1n) is 7.98. The number of urea groups is 1. The molecule has 0 saturated heterocycles. The van der Waals surface area contributed by atoms with Crippen molar-refractivity contribution in [3.63, 3.8) is 0 Å². The van der Waals surface area contributed by atoms with Crippen LogP contribution >= 0.6 is 11.3 Å². The molecule has 4 aromatic rings. The van der Waals surface area contributed by atoms with Crippen LogP contribution in [-0.4, -0.2) is 18.1 Å². The molecule has 0 aliphatic heterocycles. The fourth-order valence-corrected chi connectivity index (χ4v) is 3.26. The summed E-state index contributed by atoms with van der Waals surface area (Å²) in [5.41, 5.74) is 1.73. The van der Waals surface area contributed by atoms with Crippen LogP contribution in [0.5, 0.6) is 5.75 Å². The molecule has 2 aromatic heterocycles. The van der Waals surface area contributed by atoms with Gasteiger partial charge in [-0.1, -0.05) is 12.1 Å². The Hall–Kier alpha value is -3.39. The number of anilines is 2. The molecule has 136 valence electrons. The number of furan rings is 1. The van der Waals surface area contributed by atoms with Crippen LogP contribution in [0.3, 0.4) is 0 Å². The summed E-state index contributed by atoms with van der Waals surface area (Å²) in [5.74, 6) is 0.858. The molecule has 2 N–H and O–H groups in total. The first-order chi connectivity index (χ1) is 13.1. The van der Waals surface area contributed by atoms with Crippen LogP contribution < -0.4 is 15.4 Å². The van der Waals surface area contributed by atoms with Crippen molar-refractivity contribution >= 4 is 39.2 Å². The van der Waals surface area contributed by atoms with E-state index >= 15 is 0 Å². The van der Waals surface area contributed by atoms with Crippen LogP contribution in [0.15, 0.2) is 58.3 Å². The van der Waals surface area contributed by atoms with Crippen molar-refractivity contribution in [3.05, 3.63) is 59.7 Å². The summed E-state index contributed by atoms with van der Waals surface area (Å²) >= 11 is 1.27. The highest BCUT2D eigenvalue weighted by atomic mass is 32.1. The fourth-order valence-electron chi connectivity index (χ4n) is 2.56. The van der Waals surface area contributed by atoms with Crippen LogP contribution in [-0.2, 0) is 0 Å². The zero-order valence-corrected chi connectivity index (χ0v) is 15.0. The average Bonchev–Trinajstić information content (AvgIpc) is 3.29. The highest BCUT2D eigenvalue weighted by Gasteiger charge is 2.14. The number of hydrogen-bond donors (Lipinski definition) is 2. The molecule has 0 aliphatic carbocycles. The Bertz CT molecular complexity index is 1110. The van der Waals surface area contributed by atoms with Gasteiger partial charge in [0.15, 0.2) is 22.2 Å². The minimum absolute atomic E-state index is 0.368. The number of nitrogens with zero attached hydrogens (tertiary/aromatic N) is 1. The molecule has 2 heterocycles. The number of thiazole rings is 1. The lowest BCUT2D eigenvalue weighted by Gasteiger charge is -2.04. The van der Waals surface area contributed by atoms with Gasteiger partial charge in [0.25, 0.3) is 0 Å². The Kier molecular flexibility index (Phi) is 4.47. The molecule has 6 nitrogen and oxygen atoms in total. The van der Waals surface area contributed by atoms with Crippen molar-refractivity contribution < 1.29 is 18.3 Å². The predicted octanol–water partition coefficient (Wildman–Crippen LogP) is 5.35. The number of para-hydroxylation sites is 1. The van der Waals surface area contributed by atoms with Gasteiger partial charge in [-0.05, 0) is 36.4 Å².